The number of halogens is 2. The van der Waals surface area contributed by atoms with Crippen LogP contribution in [0.25, 0.3) is 5.78 Å². The van der Waals surface area contributed by atoms with E-state index in [9.17, 15) is 4.79 Å². The summed E-state index contributed by atoms with van der Waals surface area (Å²) in [6.45, 7) is 4.84. The number of aryl methyl sites for hydroxylation is 2. The number of fused-ring (bicyclic) bond motifs is 1. The van der Waals surface area contributed by atoms with E-state index in [-0.39, 0.29) is 36.5 Å². The Bertz CT molecular complexity index is 586. The zero-order valence-electron chi connectivity index (χ0n) is 11.3. The molecular formula is C11H18Cl2N6O. The smallest absolute Gasteiger partial charge is 0.291 e. The number of rotatable bonds is 4. The normalized spacial score (nSPS) is 9.75. The third-order valence-electron chi connectivity index (χ3n) is 2.49. The fraction of sp³-hybridized carbons (Fsp3) is 0.455. The minimum absolute atomic E-state index is 0. The molecule has 0 saturated heterocycles. The van der Waals surface area contributed by atoms with Crippen LogP contribution >= 0.6 is 24.8 Å². The van der Waals surface area contributed by atoms with Gasteiger partial charge in [0.25, 0.3) is 11.7 Å². The van der Waals surface area contributed by atoms with Gasteiger partial charge in [-0.25, -0.2) is 9.50 Å². The molecule has 2 rings (SSSR count). The van der Waals surface area contributed by atoms with Gasteiger partial charge < -0.3 is 11.1 Å². The van der Waals surface area contributed by atoms with Crippen LogP contribution in [0.4, 0.5) is 0 Å². The summed E-state index contributed by atoms with van der Waals surface area (Å²) in [7, 11) is 0. The van der Waals surface area contributed by atoms with E-state index < -0.39 is 0 Å². The Labute approximate surface area is 129 Å². The van der Waals surface area contributed by atoms with Crippen LogP contribution in [0.2, 0.25) is 0 Å². The van der Waals surface area contributed by atoms with Crippen LogP contribution < -0.4 is 11.1 Å². The minimum Gasteiger partial charge on any atom is -0.349 e. The molecule has 0 aliphatic carbocycles. The molecule has 20 heavy (non-hydrogen) atoms. The highest BCUT2D eigenvalue weighted by atomic mass is 35.5. The van der Waals surface area contributed by atoms with Gasteiger partial charge in [-0.1, -0.05) is 0 Å². The second-order valence-electron chi connectivity index (χ2n) is 4.08. The van der Waals surface area contributed by atoms with Crippen molar-refractivity contribution in [3.63, 3.8) is 0 Å². The fourth-order valence-corrected chi connectivity index (χ4v) is 1.65. The van der Waals surface area contributed by atoms with Gasteiger partial charge in [0, 0.05) is 17.9 Å². The van der Waals surface area contributed by atoms with E-state index in [2.05, 4.69) is 20.4 Å². The van der Waals surface area contributed by atoms with Gasteiger partial charge in [0.2, 0.25) is 5.82 Å². The summed E-state index contributed by atoms with van der Waals surface area (Å²) in [6.07, 6.45) is 0.732. The van der Waals surface area contributed by atoms with Crippen LogP contribution in [-0.2, 0) is 0 Å². The number of carbonyl (C=O) groups is 1. The largest absolute Gasteiger partial charge is 0.349 e. The molecule has 0 unspecified atom stereocenters. The Morgan fingerprint density at radius 2 is 2.05 bits per heavy atom. The first-order valence-corrected chi connectivity index (χ1v) is 5.81. The Hall–Kier alpha value is -1.44. The maximum absolute atomic E-state index is 11.8. The maximum atomic E-state index is 11.8. The highest BCUT2D eigenvalue weighted by molar-refractivity contribution is 5.90. The van der Waals surface area contributed by atoms with Gasteiger partial charge in [0.1, 0.15) is 0 Å². The van der Waals surface area contributed by atoms with E-state index in [4.69, 9.17) is 5.73 Å². The number of aromatic nitrogens is 4. The first-order chi connectivity index (χ1) is 8.61. The molecular weight excluding hydrogens is 303 g/mol. The number of nitrogens with one attached hydrogen (secondary N) is 1. The third kappa shape index (κ3) is 4.03. The van der Waals surface area contributed by atoms with E-state index >= 15 is 0 Å². The molecule has 0 bridgehead atoms. The Kier molecular flexibility index (Phi) is 7.41. The van der Waals surface area contributed by atoms with Crippen LogP contribution in [-0.4, -0.2) is 38.6 Å². The molecule has 0 aromatic carbocycles. The molecule has 2 heterocycles. The third-order valence-corrected chi connectivity index (χ3v) is 2.49. The van der Waals surface area contributed by atoms with Gasteiger partial charge in [0.05, 0.1) is 0 Å². The topological polar surface area (TPSA) is 98.2 Å². The lowest BCUT2D eigenvalue weighted by molar-refractivity contribution is 0.0943. The molecule has 7 nitrogen and oxygen atoms in total. The lowest BCUT2D eigenvalue weighted by Gasteiger charge is -1.99. The lowest BCUT2D eigenvalue weighted by Crippen LogP contribution is -2.27. The maximum Gasteiger partial charge on any atom is 0.291 e. The molecule has 0 fully saturated rings. The summed E-state index contributed by atoms with van der Waals surface area (Å²) >= 11 is 0. The van der Waals surface area contributed by atoms with Crippen LogP contribution in [0.3, 0.4) is 0 Å². The quantitative estimate of drug-likeness (QED) is 0.806. The molecule has 112 valence electrons. The zero-order valence-corrected chi connectivity index (χ0v) is 12.9. The number of hydrogen-bond acceptors (Lipinski definition) is 5. The molecule has 0 spiro atoms. The Balaban J connectivity index is 0.00000180. The van der Waals surface area contributed by atoms with Crippen molar-refractivity contribution < 1.29 is 4.79 Å². The van der Waals surface area contributed by atoms with Crippen LogP contribution in [0.15, 0.2) is 6.07 Å². The second-order valence-corrected chi connectivity index (χ2v) is 4.08. The Morgan fingerprint density at radius 1 is 1.35 bits per heavy atom. The number of carbonyl (C=O) groups excluding carboxylic acids is 1. The molecule has 2 aromatic heterocycles. The molecule has 3 N–H and O–H groups in total. The predicted molar refractivity (Wildman–Crippen MR) is 80.8 cm³/mol. The fourth-order valence-electron chi connectivity index (χ4n) is 1.65. The van der Waals surface area contributed by atoms with E-state index in [0.717, 1.165) is 17.8 Å². The summed E-state index contributed by atoms with van der Waals surface area (Å²) in [4.78, 5) is 20.1. The standard InChI is InChI=1S/C11H16N6O.2ClH/c1-7-6-8(2)17-11(14-7)15-9(16-17)10(18)13-5-3-4-12;;/h6H,3-5,12H2,1-2H3,(H,13,18);2*1H. The number of nitrogens with two attached hydrogens (primary N) is 1. The van der Waals surface area contributed by atoms with Crippen molar-refractivity contribution in [2.45, 2.75) is 20.3 Å². The van der Waals surface area contributed by atoms with Gasteiger partial charge >= 0.3 is 0 Å². The summed E-state index contributed by atoms with van der Waals surface area (Å²) in [5, 5.41) is 6.84. The van der Waals surface area contributed by atoms with E-state index in [1.807, 2.05) is 19.9 Å². The minimum atomic E-state index is -0.300. The van der Waals surface area contributed by atoms with Crippen molar-refractivity contribution in [3.8, 4) is 0 Å². The number of nitrogens with zero attached hydrogens (tertiary/aromatic N) is 4. The second kappa shape index (κ2) is 7.98. The zero-order chi connectivity index (χ0) is 13.1. The van der Waals surface area contributed by atoms with Crippen molar-refractivity contribution in [2.75, 3.05) is 13.1 Å². The van der Waals surface area contributed by atoms with Crippen molar-refractivity contribution in [3.05, 3.63) is 23.3 Å². The first-order valence-electron chi connectivity index (χ1n) is 5.81. The van der Waals surface area contributed by atoms with Crippen LogP contribution in [0.5, 0.6) is 0 Å². The van der Waals surface area contributed by atoms with Crippen molar-refractivity contribution >= 4 is 36.5 Å². The highest BCUT2D eigenvalue weighted by Crippen LogP contribution is 2.05. The van der Waals surface area contributed by atoms with Crippen LogP contribution in [0.1, 0.15) is 28.4 Å². The van der Waals surface area contributed by atoms with Gasteiger partial charge in [-0.15, -0.1) is 29.9 Å². The van der Waals surface area contributed by atoms with Crippen molar-refractivity contribution in [1.82, 2.24) is 24.9 Å². The molecule has 0 atom stereocenters. The first kappa shape index (κ1) is 18.6. The highest BCUT2D eigenvalue weighted by Gasteiger charge is 2.14. The number of hydrogen-bond donors (Lipinski definition) is 2. The van der Waals surface area contributed by atoms with Gasteiger partial charge in [-0.2, -0.15) is 4.98 Å². The summed E-state index contributed by atoms with van der Waals surface area (Å²) in [6, 6.07) is 1.89. The van der Waals surface area contributed by atoms with Gasteiger partial charge in [-0.05, 0) is 32.9 Å². The molecule has 0 aliphatic rings. The molecule has 0 aliphatic heterocycles. The van der Waals surface area contributed by atoms with E-state index in [1.54, 1.807) is 4.52 Å². The van der Waals surface area contributed by atoms with Crippen molar-refractivity contribution in [2.24, 2.45) is 5.73 Å². The van der Waals surface area contributed by atoms with Crippen molar-refractivity contribution in [1.29, 1.82) is 0 Å². The Morgan fingerprint density at radius 3 is 2.70 bits per heavy atom. The lowest BCUT2D eigenvalue weighted by atomic mass is 10.4. The van der Waals surface area contributed by atoms with Gasteiger partial charge in [0.15, 0.2) is 0 Å². The molecule has 0 radical (unpaired) electrons. The molecule has 1 amide bonds. The average molecular weight is 321 g/mol. The number of amides is 1. The summed E-state index contributed by atoms with van der Waals surface area (Å²) < 4.78 is 1.56. The summed E-state index contributed by atoms with van der Waals surface area (Å²) in [5.41, 5.74) is 7.10. The average Bonchev–Trinajstić information content (AvgIpc) is 2.73. The molecule has 9 heteroatoms. The monoisotopic (exact) mass is 320 g/mol. The van der Waals surface area contributed by atoms with Crippen LogP contribution in [0, 0.1) is 13.8 Å². The van der Waals surface area contributed by atoms with E-state index in [1.165, 1.54) is 0 Å². The molecule has 2 aromatic rings. The summed E-state index contributed by atoms with van der Waals surface area (Å²) in [5.74, 6) is 0.274. The van der Waals surface area contributed by atoms with Gasteiger partial charge in [-0.3, -0.25) is 4.79 Å². The van der Waals surface area contributed by atoms with E-state index in [0.29, 0.717) is 18.9 Å². The molecule has 0 saturated carbocycles. The predicted octanol–water partition coefficient (Wildman–Crippen LogP) is 0.663. The SMILES string of the molecule is Cc1cc(C)n2nc(C(=O)NCCCN)nc2n1.Cl.Cl.